The number of nitrogens with zero attached hydrogens (tertiary/aromatic N) is 6. The van der Waals surface area contributed by atoms with E-state index < -0.39 is 0 Å². The molecule has 0 amide bonds. The second-order valence-corrected chi connectivity index (χ2v) is 28.0. The Morgan fingerprint density at radius 3 is 0.955 bits per heavy atom. The van der Waals surface area contributed by atoms with Crippen molar-refractivity contribution in [3.05, 3.63) is 234 Å². The lowest BCUT2D eigenvalue weighted by atomic mass is 9.78. The van der Waals surface area contributed by atoms with E-state index in [1.54, 1.807) is 24.3 Å². The first-order valence-electron chi connectivity index (χ1n) is 30.0. The van der Waals surface area contributed by atoms with Crippen LogP contribution in [-0.2, 0) is 21.7 Å². The average molecular weight is 1170 g/mol. The highest BCUT2D eigenvalue weighted by Crippen LogP contribution is 2.45. The van der Waals surface area contributed by atoms with E-state index in [0.29, 0.717) is 16.9 Å². The lowest BCUT2D eigenvalue weighted by molar-refractivity contribution is -0.385. The summed E-state index contributed by atoms with van der Waals surface area (Å²) in [5.41, 5.74) is 22.3. The Hall–Kier alpha value is -9.68. The largest absolute Gasteiger partial charge is 0.378 e. The fraction of sp³-hybridized carbons (Fsp3) is 0.263. The number of H-pyrrole nitrogens is 2. The van der Waals surface area contributed by atoms with Gasteiger partial charge in [-0.3, -0.25) is 20.2 Å². The minimum absolute atomic E-state index is 0.0236. The first-order chi connectivity index (χ1) is 41.4. The summed E-state index contributed by atoms with van der Waals surface area (Å²) in [6, 6.07) is 53.1. The highest BCUT2D eigenvalue weighted by molar-refractivity contribution is 6.04. The molecule has 0 saturated carbocycles. The molecule has 6 aromatic carbocycles. The van der Waals surface area contributed by atoms with Crippen LogP contribution in [0, 0.1) is 20.2 Å². The summed E-state index contributed by atoms with van der Waals surface area (Å²) in [6.45, 7) is 26.9. The van der Waals surface area contributed by atoms with E-state index in [9.17, 15) is 20.2 Å². The normalized spacial score (nSPS) is 12.9. The van der Waals surface area contributed by atoms with Crippen LogP contribution in [-0.4, -0.2) is 58.0 Å². The molecule has 0 unspecified atom stereocenters. The van der Waals surface area contributed by atoms with Crippen LogP contribution >= 0.6 is 0 Å². The number of aromatic nitrogens is 4. The number of fused-ring (bicyclic) bond motifs is 8. The predicted octanol–water partition coefficient (Wildman–Crippen LogP) is 19.3. The molecule has 0 saturated heterocycles. The molecule has 5 heterocycles. The van der Waals surface area contributed by atoms with Crippen molar-refractivity contribution in [3.8, 4) is 44.5 Å². The van der Waals surface area contributed by atoms with E-state index in [1.807, 2.05) is 34.3 Å². The van der Waals surface area contributed by atoms with Crippen molar-refractivity contribution in [2.45, 2.75) is 105 Å². The van der Waals surface area contributed by atoms with E-state index in [0.717, 1.165) is 106 Å². The second kappa shape index (κ2) is 22.2. The Bertz CT molecular complexity index is 4430. The SMILES string of the molecule is CN(C)c1ccc(C2=Cc3nc2cc2[nH]c(cc2-c2ccc(N(C)C)cc2)c(-c2cc(C(C)(C)C)cc(C(C)(C)C)c2)c2nc(cc4[nH]c(cc4-c4ccc([N+](=O)[O-])cc4)c3-c3cc(C(C)(C)C)cc(C(C)(C)C)c3)C(c3ccc([N+](=O)[O-])cc3)=C2)cc1. The Morgan fingerprint density at radius 2 is 0.659 bits per heavy atom. The van der Waals surface area contributed by atoms with Crippen molar-refractivity contribution >= 4 is 68.1 Å². The van der Waals surface area contributed by atoms with E-state index in [2.05, 4.69) is 218 Å². The van der Waals surface area contributed by atoms with Gasteiger partial charge in [-0.15, -0.1) is 0 Å². The molecule has 446 valence electrons. The Labute approximate surface area is 516 Å². The minimum Gasteiger partial charge on any atom is -0.378 e. The summed E-state index contributed by atoms with van der Waals surface area (Å²) in [5.74, 6) is 0. The van der Waals surface area contributed by atoms with Crippen LogP contribution in [0.5, 0.6) is 0 Å². The van der Waals surface area contributed by atoms with Gasteiger partial charge in [0.05, 0.1) is 32.6 Å². The molecule has 0 aliphatic carbocycles. The Morgan fingerprint density at radius 1 is 0.364 bits per heavy atom. The molecule has 9 aromatic rings. The molecular weight excluding hydrogens is 1090 g/mol. The average Bonchev–Trinajstić information content (AvgIpc) is 4.35. The first kappa shape index (κ1) is 60.0. The number of hydrogen-bond donors (Lipinski definition) is 2. The maximum Gasteiger partial charge on any atom is 0.269 e. The lowest BCUT2D eigenvalue weighted by Gasteiger charge is -2.26. The van der Waals surface area contributed by atoms with Gasteiger partial charge in [0.2, 0.25) is 0 Å². The van der Waals surface area contributed by atoms with E-state index in [1.165, 1.54) is 46.5 Å². The van der Waals surface area contributed by atoms with E-state index in [-0.39, 0.29) is 42.9 Å². The second-order valence-electron chi connectivity index (χ2n) is 28.0. The van der Waals surface area contributed by atoms with Crippen LogP contribution in [0.3, 0.4) is 0 Å². The van der Waals surface area contributed by atoms with Gasteiger partial charge >= 0.3 is 0 Å². The van der Waals surface area contributed by atoms with Gasteiger partial charge < -0.3 is 19.8 Å². The van der Waals surface area contributed by atoms with Crippen molar-refractivity contribution in [1.82, 2.24) is 19.9 Å². The zero-order chi connectivity index (χ0) is 63.1. The van der Waals surface area contributed by atoms with Crippen molar-refractivity contribution in [3.63, 3.8) is 0 Å². The summed E-state index contributed by atoms with van der Waals surface area (Å²) in [7, 11) is 8.19. The summed E-state index contributed by atoms with van der Waals surface area (Å²) in [4.78, 5) is 47.4. The number of rotatable bonds is 10. The van der Waals surface area contributed by atoms with Gasteiger partial charge in [0.1, 0.15) is 0 Å². The van der Waals surface area contributed by atoms with Gasteiger partial charge in [0, 0.05) is 119 Å². The monoisotopic (exact) mass is 1170 g/mol. The summed E-state index contributed by atoms with van der Waals surface area (Å²) < 4.78 is 0. The van der Waals surface area contributed by atoms with Crippen LogP contribution in [0.15, 0.2) is 158 Å². The Balaban J connectivity index is 1.40. The van der Waals surface area contributed by atoms with Crippen molar-refractivity contribution in [2.75, 3.05) is 38.0 Å². The zero-order valence-corrected chi connectivity index (χ0v) is 53.5. The summed E-state index contributed by atoms with van der Waals surface area (Å²) >= 11 is 0. The fourth-order valence-corrected chi connectivity index (χ4v) is 11.6. The third kappa shape index (κ3) is 12.0. The summed E-state index contributed by atoms with van der Waals surface area (Å²) in [6.07, 6.45) is 4.33. The highest BCUT2D eigenvalue weighted by Gasteiger charge is 2.28. The molecule has 12 heteroatoms. The number of nitro benzene ring substituents is 2. The topological polar surface area (TPSA) is 150 Å². The molecule has 2 aliphatic heterocycles. The van der Waals surface area contributed by atoms with E-state index in [4.69, 9.17) is 9.97 Å². The smallest absolute Gasteiger partial charge is 0.269 e. The molecule has 0 radical (unpaired) electrons. The van der Waals surface area contributed by atoms with Crippen molar-refractivity contribution in [2.24, 2.45) is 0 Å². The third-order valence-electron chi connectivity index (χ3n) is 17.0. The van der Waals surface area contributed by atoms with Crippen molar-refractivity contribution < 1.29 is 9.85 Å². The van der Waals surface area contributed by atoms with Crippen molar-refractivity contribution in [1.29, 1.82) is 0 Å². The van der Waals surface area contributed by atoms with Gasteiger partial charge in [0.15, 0.2) is 0 Å². The quantitative estimate of drug-likeness (QED) is 0.102. The molecule has 12 nitrogen and oxygen atoms in total. The maximum atomic E-state index is 12.2. The Kier molecular flexibility index (Phi) is 15.2. The molecule has 0 atom stereocenters. The standard InChI is InChI=1S/C76H78N8O4/c1-73(2,3)51-33-49(34-52(37-51)74(4,5)6)71-67-39-59(45-17-25-55(26-18-45)81(13)14)63(77-67)43-64-60(46-19-27-56(28-20-46)82(15)16)40-68(78-64)72(50-35-53(75(7,8)9)38-54(36-50)76(10,11)12)70-42-62(48-23-31-58(32-24-48)84(87)88)66(80-70)44-65-61(41-69(71)79-65)47-21-29-57(30-22-47)83(85)86/h17-44,77,80H,1-16H3. The van der Waals surface area contributed by atoms with Crippen LogP contribution in [0.4, 0.5) is 22.7 Å². The summed E-state index contributed by atoms with van der Waals surface area (Å²) in [5, 5.41) is 24.4. The number of hydrogen-bond acceptors (Lipinski definition) is 8. The number of nitro groups is 2. The number of nitrogens with one attached hydrogen (secondary N) is 2. The zero-order valence-electron chi connectivity index (χ0n) is 53.5. The van der Waals surface area contributed by atoms with Crippen LogP contribution < -0.4 is 9.80 Å². The minimum atomic E-state index is -0.384. The molecule has 2 N–H and O–H groups in total. The molecule has 0 spiro atoms. The van der Waals surface area contributed by atoms with Gasteiger partial charge in [-0.2, -0.15) is 0 Å². The van der Waals surface area contributed by atoms with Gasteiger partial charge in [0.25, 0.3) is 11.4 Å². The van der Waals surface area contributed by atoms with Crippen LogP contribution in [0.1, 0.15) is 139 Å². The molecule has 2 aliphatic rings. The highest BCUT2D eigenvalue weighted by atomic mass is 16.6. The molecule has 88 heavy (non-hydrogen) atoms. The number of non-ortho nitro benzene ring substituents is 2. The third-order valence-corrected chi connectivity index (χ3v) is 17.0. The molecule has 3 aromatic heterocycles. The van der Waals surface area contributed by atoms with E-state index >= 15 is 0 Å². The van der Waals surface area contributed by atoms with Gasteiger partial charge in [-0.25, -0.2) is 9.97 Å². The van der Waals surface area contributed by atoms with Gasteiger partial charge in [-0.1, -0.05) is 144 Å². The van der Waals surface area contributed by atoms with Gasteiger partial charge in [-0.05, 0) is 162 Å². The molecule has 0 fully saturated rings. The number of anilines is 2. The number of aromatic amines is 2. The molecule has 11 rings (SSSR count). The fourth-order valence-electron chi connectivity index (χ4n) is 11.6. The molecule has 8 bridgehead atoms. The molecular formula is C76H78N8O4. The predicted molar refractivity (Wildman–Crippen MR) is 366 cm³/mol. The lowest BCUT2D eigenvalue weighted by Crippen LogP contribution is -2.16. The van der Waals surface area contributed by atoms with Crippen LogP contribution in [0.25, 0.3) is 89.9 Å². The number of benzene rings is 6. The first-order valence-corrected chi connectivity index (χ1v) is 30.0. The maximum absolute atomic E-state index is 12.2. The van der Waals surface area contributed by atoms with Crippen LogP contribution in [0.2, 0.25) is 0 Å².